The van der Waals surface area contributed by atoms with Crippen molar-refractivity contribution in [1.29, 1.82) is 0 Å². The molecule has 0 N–H and O–H groups in total. The fourth-order valence-electron chi connectivity index (χ4n) is 2.38. The van der Waals surface area contributed by atoms with Crippen molar-refractivity contribution < 1.29 is 0 Å². The molecule has 1 aromatic rings. The van der Waals surface area contributed by atoms with Crippen LogP contribution in [-0.2, 0) is 6.54 Å². The molecule has 16 heavy (non-hydrogen) atoms. The van der Waals surface area contributed by atoms with Crippen molar-refractivity contribution in [3.8, 4) is 0 Å². The second kappa shape index (κ2) is 5.51. The Bertz CT molecular complexity index is 347. The molecule has 1 aromatic carbocycles. The Kier molecular flexibility index (Phi) is 4.03. The number of alkyl halides is 1. The van der Waals surface area contributed by atoms with Gasteiger partial charge < -0.3 is 0 Å². The van der Waals surface area contributed by atoms with Gasteiger partial charge in [-0.1, -0.05) is 36.9 Å². The molecule has 86 valence electrons. The van der Waals surface area contributed by atoms with Crippen LogP contribution in [0.3, 0.4) is 0 Å². The first-order chi connectivity index (χ1) is 7.81. The van der Waals surface area contributed by atoms with Crippen molar-refractivity contribution in [2.45, 2.75) is 25.4 Å². The quantitative estimate of drug-likeness (QED) is 0.571. The number of halogens is 1. The van der Waals surface area contributed by atoms with Crippen LogP contribution in [0.4, 0.5) is 0 Å². The highest BCUT2D eigenvalue weighted by Crippen LogP contribution is 2.25. The van der Waals surface area contributed by atoms with Crippen molar-refractivity contribution in [2.75, 3.05) is 12.4 Å². The molecule has 1 heterocycles. The van der Waals surface area contributed by atoms with Gasteiger partial charge in [-0.25, -0.2) is 0 Å². The van der Waals surface area contributed by atoms with Crippen LogP contribution in [0.2, 0.25) is 0 Å². The molecular formula is C14H18ClN. The second-order valence-corrected chi connectivity index (χ2v) is 4.67. The zero-order valence-corrected chi connectivity index (χ0v) is 10.3. The summed E-state index contributed by atoms with van der Waals surface area (Å²) in [6.45, 7) is 6.25. The molecule has 1 unspecified atom stereocenters. The number of likely N-dealkylation sites (tertiary alicyclic amines) is 1. The van der Waals surface area contributed by atoms with Gasteiger partial charge in [-0.15, -0.1) is 11.6 Å². The van der Waals surface area contributed by atoms with Gasteiger partial charge in [0, 0.05) is 18.5 Å². The number of hydrogen-bond acceptors (Lipinski definition) is 1. The molecule has 0 spiro atoms. The number of nitrogens with zero attached hydrogens (tertiary/aromatic N) is 1. The molecule has 1 fully saturated rings. The monoisotopic (exact) mass is 235 g/mol. The Morgan fingerprint density at radius 2 is 2.12 bits per heavy atom. The Morgan fingerprint density at radius 3 is 2.81 bits per heavy atom. The van der Waals surface area contributed by atoms with Gasteiger partial charge in [0.2, 0.25) is 0 Å². The number of hydrogen-bond donors (Lipinski definition) is 0. The predicted octanol–water partition coefficient (Wildman–Crippen LogP) is 3.45. The molecule has 2 heteroatoms. The SMILES string of the molecule is C=C(CCl)C1CCCN1Cc1ccccc1. The molecule has 1 aliphatic heterocycles. The van der Waals surface area contributed by atoms with Gasteiger partial charge in [0.05, 0.1) is 0 Å². The van der Waals surface area contributed by atoms with Crippen molar-refractivity contribution in [1.82, 2.24) is 4.90 Å². The van der Waals surface area contributed by atoms with Crippen LogP contribution in [0.1, 0.15) is 18.4 Å². The molecule has 0 saturated carbocycles. The lowest BCUT2D eigenvalue weighted by Crippen LogP contribution is -2.30. The van der Waals surface area contributed by atoms with E-state index in [0.717, 1.165) is 18.7 Å². The van der Waals surface area contributed by atoms with Gasteiger partial charge in [0.15, 0.2) is 0 Å². The zero-order valence-electron chi connectivity index (χ0n) is 9.53. The molecule has 1 nitrogen and oxygen atoms in total. The summed E-state index contributed by atoms with van der Waals surface area (Å²) in [7, 11) is 0. The summed E-state index contributed by atoms with van der Waals surface area (Å²) >= 11 is 5.87. The van der Waals surface area contributed by atoms with E-state index in [0.29, 0.717) is 11.9 Å². The van der Waals surface area contributed by atoms with Crippen molar-refractivity contribution in [3.63, 3.8) is 0 Å². The summed E-state index contributed by atoms with van der Waals surface area (Å²) in [5.41, 5.74) is 2.53. The first-order valence-corrected chi connectivity index (χ1v) is 6.36. The van der Waals surface area contributed by atoms with E-state index >= 15 is 0 Å². The fourth-order valence-corrected chi connectivity index (χ4v) is 2.56. The van der Waals surface area contributed by atoms with Crippen LogP contribution in [0.25, 0.3) is 0 Å². The van der Waals surface area contributed by atoms with E-state index in [9.17, 15) is 0 Å². The Balaban J connectivity index is 2.01. The van der Waals surface area contributed by atoms with E-state index in [1.54, 1.807) is 0 Å². The summed E-state index contributed by atoms with van der Waals surface area (Å²) in [6, 6.07) is 11.1. The summed E-state index contributed by atoms with van der Waals surface area (Å²) in [6.07, 6.45) is 2.46. The summed E-state index contributed by atoms with van der Waals surface area (Å²) in [5, 5.41) is 0. The third-order valence-electron chi connectivity index (χ3n) is 3.24. The van der Waals surface area contributed by atoms with E-state index in [1.807, 2.05) is 0 Å². The molecule has 1 saturated heterocycles. The second-order valence-electron chi connectivity index (χ2n) is 4.41. The lowest BCUT2D eigenvalue weighted by Gasteiger charge is -2.25. The predicted molar refractivity (Wildman–Crippen MR) is 69.7 cm³/mol. The maximum absolute atomic E-state index is 5.87. The third-order valence-corrected chi connectivity index (χ3v) is 3.58. The van der Waals surface area contributed by atoms with Gasteiger partial charge in [-0.2, -0.15) is 0 Å². The van der Waals surface area contributed by atoms with Crippen LogP contribution in [0, 0.1) is 0 Å². The molecule has 2 rings (SSSR count). The molecule has 0 aromatic heterocycles. The molecule has 0 radical (unpaired) electrons. The fraction of sp³-hybridized carbons (Fsp3) is 0.429. The summed E-state index contributed by atoms with van der Waals surface area (Å²) < 4.78 is 0. The Morgan fingerprint density at radius 1 is 1.38 bits per heavy atom. The minimum absolute atomic E-state index is 0.484. The van der Waals surface area contributed by atoms with E-state index in [1.165, 1.54) is 18.4 Å². The van der Waals surface area contributed by atoms with Gasteiger partial charge in [0.25, 0.3) is 0 Å². The Hall–Kier alpha value is -0.790. The molecule has 0 aliphatic carbocycles. The van der Waals surface area contributed by atoms with Crippen molar-refractivity contribution in [3.05, 3.63) is 48.0 Å². The minimum atomic E-state index is 0.484. The van der Waals surface area contributed by atoms with Crippen LogP contribution in [-0.4, -0.2) is 23.4 Å². The standard InChI is InChI=1S/C14H18ClN/c1-12(10-15)14-8-5-9-16(14)11-13-6-3-2-4-7-13/h2-4,6-7,14H,1,5,8-11H2. The van der Waals surface area contributed by atoms with E-state index in [2.05, 4.69) is 41.8 Å². The topological polar surface area (TPSA) is 3.24 Å². The van der Waals surface area contributed by atoms with Crippen LogP contribution >= 0.6 is 11.6 Å². The highest BCUT2D eigenvalue weighted by molar-refractivity contribution is 6.19. The first-order valence-electron chi connectivity index (χ1n) is 5.83. The highest BCUT2D eigenvalue weighted by Gasteiger charge is 2.25. The number of rotatable bonds is 4. The number of benzene rings is 1. The normalized spacial score (nSPS) is 21.2. The zero-order chi connectivity index (χ0) is 11.4. The Labute approximate surface area is 103 Å². The van der Waals surface area contributed by atoms with Crippen molar-refractivity contribution in [2.24, 2.45) is 0 Å². The van der Waals surface area contributed by atoms with Crippen molar-refractivity contribution >= 4 is 11.6 Å². The largest absolute Gasteiger partial charge is 0.292 e. The van der Waals surface area contributed by atoms with Gasteiger partial charge in [-0.05, 0) is 30.5 Å². The molecule has 0 amide bonds. The maximum Gasteiger partial charge on any atom is 0.0446 e. The van der Waals surface area contributed by atoms with E-state index < -0.39 is 0 Å². The third kappa shape index (κ3) is 2.66. The molecule has 1 aliphatic rings. The smallest absolute Gasteiger partial charge is 0.0446 e. The lowest BCUT2D eigenvalue weighted by atomic mass is 10.1. The van der Waals surface area contributed by atoms with Crippen LogP contribution in [0.5, 0.6) is 0 Å². The maximum atomic E-state index is 5.87. The minimum Gasteiger partial charge on any atom is -0.292 e. The molecule has 0 bridgehead atoms. The van der Waals surface area contributed by atoms with E-state index in [4.69, 9.17) is 11.6 Å². The molecular weight excluding hydrogens is 218 g/mol. The van der Waals surface area contributed by atoms with Gasteiger partial charge in [0.1, 0.15) is 0 Å². The van der Waals surface area contributed by atoms with E-state index in [-0.39, 0.29) is 0 Å². The first kappa shape index (κ1) is 11.7. The highest BCUT2D eigenvalue weighted by atomic mass is 35.5. The molecule has 1 atom stereocenters. The van der Waals surface area contributed by atoms with Crippen LogP contribution < -0.4 is 0 Å². The summed E-state index contributed by atoms with van der Waals surface area (Å²) in [5.74, 6) is 0.579. The van der Waals surface area contributed by atoms with Gasteiger partial charge in [-0.3, -0.25) is 4.90 Å². The lowest BCUT2D eigenvalue weighted by molar-refractivity contribution is 0.273. The average molecular weight is 236 g/mol. The van der Waals surface area contributed by atoms with Gasteiger partial charge >= 0.3 is 0 Å². The van der Waals surface area contributed by atoms with Crippen LogP contribution in [0.15, 0.2) is 42.5 Å². The summed E-state index contributed by atoms with van der Waals surface area (Å²) in [4.78, 5) is 2.49. The average Bonchev–Trinajstić information content (AvgIpc) is 2.77.